The number of alkyl halides is 3. The Labute approximate surface area is 218 Å². The average molecular weight is 578 g/mol. The number of likely N-dealkylation sites (tertiary alicyclic amines) is 1. The van der Waals surface area contributed by atoms with Crippen LogP contribution in [0.15, 0.2) is 48.0 Å². The number of fused-ring (bicyclic) bond motifs is 5. The number of aromatic hydroxyl groups is 1. The maximum absolute atomic E-state index is 13.7. The predicted molar refractivity (Wildman–Crippen MR) is 132 cm³/mol. The zero-order valence-electron chi connectivity index (χ0n) is 18.1. The number of hydrogen-bond acceptors (Lipinski definition) is 5. The minimum atomic E-state index is -1.94. The molecule has 2 aliphatic heterocycles. The number of benzene rings is 2. The highest BCUT2D eigenvalue weighted by Crippen LogP contribution is 2.66. The van der Waals surface area contributed by atoms with E-state index in [1.807, 2.05) is 24.3 Å². The molecule has 2 aromatic rings. The normalized spacial score (nSPS) is 36.1. The van der Waals surface area contributed by atoms with Crippen LogP contribution in [0.1, 0.15) is 24.3 Å². The second kappa shape index (κ2) is 7.54. The smallest absolute Gasteiger partial charge is 0.254 e. The molecular weight excluding hydrogens is 559 g/mol. The fourth-order valence-corrected chi connectivity index (χ4v) is 7.93. The minimum absolute atomic E-state index is 0.0692. The van der Waals surface area contributed by atoms with Crippen LogP contribution in [0.4, 0.5) is 0 Å². The Kier molecular flexibility index (Phi) is 4.96. The van der Waals surface area contributed by atoms with Gasteiger partial charge in [0.25, 0.3) is 11.8 Å². The molecule has 0 spiro atoms. The summed E-state index contributed by atoms with van der Waals surface area (Å²) < 4.78 is 0. The Morgan fingerprint density at radius 1 is 1.03 bits per heavy atom. The van der Waals surface area contributed by atoms with E-state index in [-0.39, 0.29) is 30.0 Å². The van der Waals surface area contributed by atoms with Crippen molar-refractivity contribution in [3.63, 3.8) is 0 Å². The van der Waals surface area contributed by atoms with Gasteiger partial charge in [-0.2, -0.15) is 0 Å². The van der Waals surface area contributed by atoms with Crippen molar-refractivity contribution in [2.75, 3.05) is 5.45 Å². The average Bonchev–Trinajstić information content (AvgIpc) is 3.21. The Bertz CT molecular complexity index is 1400. The molecule has 0 bridgehead atoms. The number of carbonyl (C=O) groups excluding carboxylic acids is 4. The maximum atomic E-state index is 13.7. The molecule has 2 N–H and O–H groups in total. The van der Waals surface area contributed by atoms with Gasteiger partial charge in [-0.15, -0.1) is 23.2 Å². The molecule has 1 saturated carbocycles. The lowest BCUT2D eigenvalue weighted by Crippen LogP contribution is -2.60. The quantitative estimate of drug-likeness (QED) is 0.246. The summed E-state index contributed by atoms with van der Waals surface area (Å²) in [5.74, 6) is -5.08. The van der Waals surface area contributed by atoms with Crippen molar-refractivity contribution in [1.82, 2.24) is 10.2 Å². The van der Waals surface area contributed by atoms with Crippen LogP contribution < -0.4 is 5.32 Å². The van der Waals surface area contributed by atoms with Gasteiger partial charge in [-0.1, -0.05) is 64.0 Å². The van der Waals surface area contributed by atoms with E-state index in [2.05, 4.69) is 21.2 Å². The molecule has 0 aromatic heterocycles. The Balaban J connectivity index is 1.64. The van der Waals surface area contributed by atoms with Crippen molar-refractivity contribution in [3.8, 4) is 5.75 Å². The molecule has 2 heterocycles. The molecule has 0 unspecified atom stereocenters. The number of allylic oxidation sites excluding steroid dienone is 2. The first kappa shape index (κ1) is 23.0. The van der Waals surface area contributed by atoms with Crippen molar-refractivity contribution in [1.29, 1.82) is 0 Å². The second-order valence-electron chi connectivity index (χ2n) is 9.56. The second-order valence-corrected chi connectivity index (χ2v) is 11.3. The van der Waals surface area contributed by atoms with Crippen molar-refractivity contribution in [2.45, 2.75) is 28.5 Å². The lowest BCUT2D eigenvalue weighted by Gasteiger charge is -2.50. The van der Waals surface area contributed by atoms with Gasteiger partial charge >= 0.3 is 0 Å². The molecule has 10 heteroatoms. The Hall–Kier alpha value is -2.42. The van der Waals surface area contributed by atoms with E-state index < -0.39 is 51.1 Å². The summed E-state index contributed by atoms with van der Waals surface area (Å²) in [6, 6.07) is 10.7. The molecule has 6 rings (SSSR count). The summed E-state index contributed by atoms with van der Waals surface area (Å²) in [6.07, 6.45) is 2.04. The van der Waals surface area contributed by atoms with Crippen LogP contribution in [0.5, 0.6) is 5.75 Å². The highest BCUT2D eigenvalue weighted by Gasteiger charge is 2.76. The molecule has 0 radical (unpaired) electrons. The van der Waals surface area contributed by atoms with Gasteiger partial charge < -0.3 is 5.11 Å². The van der Waals surface area contributed by atoms with Crippen LogP contribution in [0, 0.1) is 17.8 Å². The monoisotopic (exact) mass is 576 g/mol. The maximum Gasteiger partial charge on any atom is 0.254 e. The number of nitrogens with one attached hydrogen (secondary N) is 1. The lowest BCUT2D eigenvalue weighted by atomic mass is 9.56. The number of nitrogens with zero attached hydrogens (tertiary/aromatic N) is 1. The molecule has 7 nitrogen and oxygen atoms in total. The summed E-state index contributed by atoms with van der Waals surface area (Å²) in [5.41, 5.74) is 0.893. The number of phenols is 1. The molecule has 6 atom stereocenters. The molecule has 2 aliphatic carbocycles. The summed E-state index contributed by atoms with van der Waals surface area (Å²) in [4.78, 5) is 49.6. The van der Waals surface area contributed by atoms with Gasteiger partial charge in [0.05, 0.1) is 17.3 Å². The Morgan fingerprint density at radius 2 is 1.77 bits per heavy atom. The van der Waals surface area contributed by atoms with Gasteiger partial charge in [0.1, 0.15) is 5.75 Å². The number of carbonyl (C=O) groups is 4. The van der Waals surface area contributed by atoms with E-state index in [4.69, 9.17) is 23.2 Å². The summed E-state index contributed by atoms with van der Waals surface area (Å²) in [7, 11) is 0. The number of rotatable bonds is 2. The number of hydrogen-bond donors (Lipinski definition) is 2. The zero-order chi connectivity index (χ0) is 24.9. The van der Waals surface area contributed by atoms with Crippen LogP contribution in [-0.4, -0.2) is 48.8 Å². The van der Waals surface area contributed by atoms with Crippen LogP contribution in [-0.2, 0) is 19.2 Å². The predicted octanol–water partition coefficient (Wildman–Crippen LogP) is 3.54. The highest BCUT2D eigenvalue weighted by atomic mass is 79.9. The molecule has 4 aliphatic rings. The zero-order valence-corrected chi connectivity index (χ0v) is 21.2. The largest absolute Gasteiger partial charge is 0.507 e. The summed E-state index contributed by atoms with van der Waals surface area (Å²) >= 11 is 17.4. The SMILES string of the molecule is O=C1NC(=O)[C@H]2CC=C3[C@@H](C[C@@]4(Cl)C(=O)N(CBr)C(=O)[C@@]4(Cl)[C@H]3c3ccc4ccccc4c3O)[C@@H]12. The van der Waals surface area contributed by atoms with E-state index in [9.17, 15) is 24.3 Å². The number of amides is 4. The molecule has 3 fully saturated rings. The lowest BCUT2D eigenvalue weighted by molar-refractivity contribution is -0.138. The van der Waals surface area contributed by atoms with Crippen LogP contribution in [0.3, 0.4) is 0 Å². The first-order valence-corrected chi connectivity index (χ1v) is 13.1. The summed E-state index contributed by atoms with van der Waals surface area (Å²) in [5, 5.41) is 15.1. The molecule has 2 saturated heterocycles. The van der Waals surface area contributed by atoms with Crippen LogP contribution in [0.2, 0.25) is 0 Å². The summed E-state index contributed by atoms with van der Waals surface area (Å²) in [6.45, 7) is 0. The van der Waals surface area contributed by atoms with Gasteiger partial charge in [-0.3, -0.25) is 29.4 Å². The molecule has 2 aromatic carbocycles. The Morgan fingerprint density at radius 3 is 2.51 bits per heavy atom. The molecule has 180 valence electrons. The van der Waals surface area contributed by atoms with E-state index in [0.29, 0.717) is 16.5 Å². The molecular formula is C25H19BrCl2N2O5. The third-order valence-corrected chi connectivity index (χ3v) is 10.0. The van der Waals surface area contributed by atoms with Crippen molar-refractivity contribution < 1.29 is 24.3 Å². The number of imide groups is 2. The van der Waals surface area contributed by atoms with E-state index >= 15 is 0 Å². The minimum Gasteiger partial charge on any atom is -0.507 e. The fourth-order valence-electron chi connectivity index (χ4n) is 6.51. The van der Waals surface area contributed by atoms with E-state index in [0.717, 1.165) is 10.3 Å². The van der Waals surface area contributed by atoms with Gasteiger partial charge in [0, 0.05) is 16.9 Å². The van der Waals surface area contributed by atoms with Crippen molar-refractivity contribution in [3.05, 3.63) is 53.6 Å². The van der Waals surface area contributed by atoms with Crippen molar-refractivity contribution in [2.24, 2.45) is 17.8 Å². The standard InChI is InChI=1S/C25H19BrCl2N2O5/c26-10-30-22(34)24(27)9-16-13(7-8-14-17(16)21(33)29-20(14)32)18(25(24,28)23(30)35)15-6-5-11-3-1-2-4-12(11)19(15)31/h1-7,14,16-18,31H,8-10H2,(H,29,32,33)/t14-,16+,17-,18+,24+,25-/m0/s1. The van der Waals surface area contributed by atoms with Gasteiger partial charge in [0.2, 0.25) is 11.8 Å². The van der Waals surface area contributed by atoms with E-state index in [1.165, 1.54) is 0 Å². The first-order valence-electron chi connectivity index (χ1n) is 11.2. The highest BCUT2D eigenvalue weighted by molar-refractivity contribution is 9.09. The topological polar surface area (TPSA) is 104 Å². The van der Waals surface area contributed by atoms with Crippen molar-refractivity contribution >= 4 is 73.5 Å². The van der Waals surface area contributed by atoms with Crippen LogP contribution in [0.25, 0.3) is 10.8 Å². The molecule has 4 amide bonds. The van der Waals surface area contributed by atoms with E-state index in [1.54, 1.807) is 18.2 Å². The van der Waals surface area contributed by atoms with Gasteiger partial charge in [-0.25, -0.2) is 0 Å². The number of phenolic OH excluding ortho intramolecular Hbond substituents is 1. The van der Waals surface area contributed by atoms with Crippen LogP contribution >= 0.6 is 39.1 Å². The van der Waals surface area contributed by atoms with Gasteiger partial charge in [-0.05, 0) is 24.1 Å². The molecule has 35 heavy (non-hydrogen) atoms. The fraction of sp³-hybridized carbons (Fsp3) is 0.360. The third kappa shape index (κ3) is 2.73. The van der Waals surface area contributed by atoms with Gasteiger partial charge in [0.15, 0.2) is 9.75 Å². The number of halogens is 3. The third-order valence-electron chi connectivity index (χ3n) is 8.10. The first-order chi connectivity index (χ1) is 16.6.